The van der Waals surface area contributed by atoms with E-state index in [1.807, 2.05) is 18.4 Å². The van der Waals surface area contributed by atoms with E-state index in [0.29, 0.717) is 28.6 Å². The van der Waals surface area contributed by atoms with Crippen molar-refractivity contribution in [2.24, 2.45) is 7.05 Å². The van der Waals surface area contributed by atoms with Gasteiger partial charge in [-0.15, -0.1) is 0 Å². The van der Waals surface area contributed by atoms with Gasteiger partial charge in [0.25, 0.3) is 11.5 Å². The number of methoxy groups -OCH3 is 2. The molecular formula is C20H21ClN6O4. The third-order valence-electron chi connectivity index (χ3n) is 5.07. The van der Waals surface area contributed by atoms with Crippen LogP contribution in [0.4, 0.5) is 5.69 Å². The first-order valence-electron chi connectivity index (χ1n) is 9.51. The number of carbonyl (C=O) groups excluding carboxylic acids is 1. The zero-order valence-electron chi connectivity index (χ0n) is 17.7. The van der Waals surface area contributed by atoms with Crippen molar-refractivity contribution in [2.75, 3.05) is 19.1 Å². The summed E-state index contributed by atoms with van der Waals surface area (Å²) in [6.07, 6.45) is 3.15. The molecule has 11 heteroatoms. The van der Waals surface area contributed by atoms with E-state index in [1.54, 1.807) is 24.3 Å². The number of pyridine rings is 1. The van der Waals surface area contributed by atoms with E-state index in [1.165, 1.54) is 24.9 Å². The van der Waals surface area contributed by atoms with Crippen LogP contribution in [0.15, 0.2) is 23.3 Å². The predicted octanol–water partition coefficient (Wildman–Crippen LogP) is 2.45. The molecule has 0 aromatic carbocycles. The van der Waals surface area contributed by atoms with Crippen molar-refractivity contribution in [3.63, 3.8) is 0 Å². The summed E-state index contributed by atoms with van der Waals surface area (Å²) in [4.78, 5) is 39.7. The number of aryl methyl sites for hydroxylation is 1. The maximum absolute atomic E-state index is 13.2. The number of imidazole rings is 1. The second-order valence-electron chi connectivity index (χ2n) is 7.33. The summed E-state index contributed by atoms with van der Waals surface area (Å²) in [5, 5.41) is 0.0462. The number of anilines is 1. The van der Waals surface area contributed by atoms with Crippen LogP contribution >= 0.6 is 11.6 Å². The van der Waals surface area contributed by atoms with E-state index in [0.717, 1.165) is 5.69 Å². The highest BCUT2D eigenvalue weighted by Crippen LogP contribution is 2.37. The summed E-state index contributed by atoms with van der Waals surface area (Å²) in [5.41, 5.74) is 1.82. The van der Waals surface area contributed by atoms with Crippen molar-refractivity contribution in [1.82, 2.24) is 24.1 Å². The van der Waals surface area contributed by atoms with Crippen LogP contribution in [-0.2, 0) is 13.6 Å². The lowest BCUT2D eigenvalue weighted by Gasteiger charge is -2.20. The molecule has 3 aromatic heterocycles. The smallest absolute Gasteiger partial charge is 0.319 e. The number of nitrogens with zero attached hydrogens (tertiary/aromatic N) is 6. The van der Waals surface area contributed by atoms with E-state index in [-0.39, 0.29) is 35.1 Å². The van der Waals surface area contributed by atoms with E-state index >= 15 is 0 Å². The van der Waals surface area contributed by atoms with Crippen molar-refractivity contribution in [3.8, 4) is 23.3 Å². The van der Waals surface area contributed by atoms with Gasteiger partial charge in [0.2, 0.25) is 5.88 Å². The summed E-state index contributed by atoms with van der Waals surface area (Å²) in [5.74, 6) is 0.552. The zero-order chi connectivity index (χ0) is 22.4. The van der Waals surface area contributed by atoms with E-state index < -0.39 is 0 Å². The van der Waals surface area contributed by atoms with Gasteiger partial charge in [0.1, 0.15) is 10.8 Å². The molecule has 0 radical (unpaired) electrons. The molecule has 0 saturated carbocycles. The second-order valence-corrected chi connectivity index (χ2v) is 7.73. The minimum absolute atomic E-state index is 0.00507. The van der Waals surface area contributed by atoms with E-state index in [2.05, 4.69) is 15.0 Å². The quantitative estimate of drug-likeness (QED) is 0.595. The van der Waals surface area contributed by atoms with Gasteiger partial charge >= 0.3 is 6.01 Å². The summed E-state index contributed by atoms with van der Waals surface area (Å²) < 4.78 is 13.8. The number of hydrogen-bond acceptors (Lipinski definition) is 7. The molecule has 0 fully saturated rings. The fraction of sp³-hybridized carbons (Fsp3) is 0.350. The van der Waals surface area contributed by atoms with Crippen LogP contribution in [0.25, 0.3) is 11.4 Å². The van der Waals surface area contributed by atoms with Gasteiger partial charge in [-0.1, -0.05) is 11.6 Å². The van der Waals surface area contributed by atoms with Crippen LogP contribution in [0.1, 0.15) is 36.1 Å². The van der Waals surface area contributed by atoms with Crippen molar-refractivity contribution >= 4 is 23.2 Å². The fourth-order valence-electron chi connectivity index (χ4n) is 3.65. The number of hydrogen-bond donors (Lipinski definition) is 0. The number of rotatable bonds is 5. The van der Waals surface area contributed by atoms with Crippen molar-refractivity contribution in [3.05, 3.63) is 45.2 Å². The lowest BCUT2D eigenvalue weighted by atomic mass is 10.2. The third kappa shape index (κ3) is 3.32. The number of carbonyl (C=O) groups is 1. The SMILES string of the molecule is COc1ncc(-c2nc3c(n2C(C)C)CN(c2cc(Cl)c(=O)n(C)c2)C3=O)c(OC)n1. The first-order chi connectivity index (χ1) is 14.8. The van der Waals surface area contributed by atoms with E-state index in [9.17, 15) is 9.59 Å². The molecule has 0 saturated heterocycles. The minimum atomic E-state index is -0.326. The lowest BCUT2D eigenvalue weighted by Crippen LogP contribution is -2.27. The number of amides is 1. The standard InChI is InChI=1S/C20H21ClN6O4/c1-10(2)27-14-9-26(11-6-13(21)18(28)25(3)8-11)19(29)15(14)23-16(27)12-7-22-20(31-5)24-17(12)30-4/h6-8,10H,9H2,1-5H3. The normalized spacial score (nSPS) is 13.1. The summed E-state index contributed by atoms with van der Waals surface area (Å²) in [7, 11) is 4.56. The van der Waals surface area contributed by atoms with Crippen LogP contribution in [0, 0.1) is 0 Å². The molecule has 1 aliphatic heterocycles. The fourth-order valence-corrected chi connectivity index (χ4v) is 3.90. The Morgan fingerprint density at radius 2 is 1.90 bits per heavy atom. The van der Waals surface area contributed by atoms with Gasteiger partial charge < -0.3 is 18.6 Å². The molecule has 0 atom stereocenters. The van der Waals surface area contributed by atoms with E-state index in [4.69, 9.17) is 21.1 Å². The molecule has 3 aromatic rings. The highest BCUT2D eigenvalue weighted by atomic mass is 35.5. The van der Waals surface area contributed by atoms with Gasteiger partial charge in [0.05, 0.1) is 37.7 Å². The average molecular weight is 445 g/mol. The lowest BCUT2D eigenvalue weighted by molar-refractivity contribution is 0.0992. The Bertz CT molecular complexity index is 1220. The first kappa shape index (κ1) is 20.9. The Labute approximate surface area is 183 Å². The molecule has 0 spiro atoms. The van der Waals surface area contributed by atoms with Gasteiger partial charge in [0.15, 0.2) is 5.69 Å². The Kier molecular flexibility index (Phi) is 5.18. The highest BCUT2D eigenvalue weighted by Gasteiger charge is 2.37. The molecule has 10 nitrogen and oxygen atoms in total. The molecule has 0 unspecified atom stereocenters. The molecule has 1 aliphatic rings. The van der Waals surface area contributed by atoms with Crippen molar-refractivity contribution in [2.45, 2.75) is 26.4 Å². The summed E-state index contributed by atoms with van der Waals surface area (Å²) in [6, 6.07) is 1.66. The molecule has 162 valence electrons. The Morgan fingerprint density at radius 3 is 2.52 bits per heavy atom. The number of fused-ring (bicyclic) bond motifs is 1. The first-order valence-corrected chi connectivity index (χ1v) is 9.89. The molecule has 31 heavy (non-hydrogen) atoms. The van der Waals surface area contributed by atoms with Crippen LogP contribution < -0.4 is 19.9 Å². The van der Waals surface area contributed by atoms with Gasteiger partial charge in [-0.2, -0.15) is 4.98 Å². The maximum atomic E-state index is 13.2. The number of halogens is 1. The Morgan fingerprint density at radius 1 is 1.16 bits per heavy atom. The summed E-state index contributed by atoms with van der Waals surface area (Å²) >= 11 is 6.05. The molecule has 0 bridgehead atoms. The van der Waals surface area contributed by atoms with Gasteiger partial charge in [-0.3, -0.25) is 14.5 Å². The van der Waals surface area contributed by atoms with Crippen LogP contribution in [0.2, 0.25) is 5.02 Å². The van der Waals surface area contributed by atoms with Gasteiger partial charge in [-0.05, 0) is 19.9 Å². The molecule has 4 rings (SSSR count). The summed E-state index contributed by atoms with van der Waals surface area (Å²) in [6.45, 7) is 4.28. The van der Waals surface area contributed by atoms with Crippen LogP contribution in [0.5, 0.6) is 11.9 Å². The second kappa shape index (κ2) is 7.69. The minimum Gasteiger partial charge on any atom is -0.480 e. The zero-order valence-corrected chi connectivity index (χ0v) is 18.5. The van der Waals surface area contributed by atoms with Gasteiger partial charge in [0, 0.05) is 25.5 Å². The molecule has 4 heterocycles. The molecule has 0 N–H and O–H groups in total. The largest absolute Gasteiger partial charge is 0.480 e. The third-order valence-corrected chi connectivity index (χ3v) is 5.34. The molecule has 0 aliphatic carbocycles. The maximum Gasteiger partial charge on any atom is 0.319 e. The van der Waals surface area contributed by atoms with Gasteiger partial charge in [-0.25, -0.2) is 9.97 Å². The number of ether oxygens (including phenoxy) is 2. The Balaban J connectivity index is 1.82. The van der Waals surface area contributed by atoms with Crippen LogP contribution in [-0.4, -0.2) is 44.2 Å². The molecular weight excluding hydrogens is 424 g/mol. The Hall–Kier alpha value is -3.40. The van der Waals surface area contributed by atoms with Crippen molar-refractivity contribution < 1.29 is 14.3 Å². The van der Waals surface area contributed by atoms with Crippen LogP contribution in [0.3, 0.4) is 0 Å². The highest BCUT2D eigenvalue weighted by molar-refractivity contribution is 6.30. The topological polar surface area (TPSA) is 104 Å². The predicted molar refractivity (Wildman–Crippen MR) is 114 cm³/mol. The average Bonchev–Trinajstić information content (AvgIpc) is 3.27. The van der Waals surface area contributed by atoms with Crippen molar-refractivity contribution in [1.29, 1.82) is 0 Å². The monoisotopic (exact) mass is 444 g/mol. The number of aromatic nitrogens is 5. The molecule has 1 amide bonds.